The molecule has 0 radical (unpaired) electrons. The van der Waals surface area contributed by atoms with Crippen LogP contribution in [0.15, 0.2) is 41.6 Å². The predicted octanol–water partition coefficient (Wildman–Crippen LogP) is 3.01. The summed E-state index contributed by atoms with van der Waals surface area (Å²) in [6.45, 7) is 3.75. The fraction of sp³-hybridized carbons (Fsp3) is 0.167. The number of oxime groups is 1. The summed E-state index contributed by atoms with van der Waals surface area (Å²) < 4.78 is 0. The second-order valence-electron chi connectivity index (χ2n) is 3.47. The molecular formula is C12H12N2O. The Bertz CT molecular complexity index is 502. The molecule has 0 bridgehead atoms. The van der Waals surface area contributed by atoms with E-state index in [1.807, 2.05) is 50.2 Å². The van der Waals surface area contributed by atoms with Crippen LogP contribution in [0.25, 0.3) is 10.9 Å². The molecule has 1 heterocycles. The Hall–Kier alpha value is -1.90. The first-order chi connectivity index (χ1) is 7.25. The molecule has 0 saturated heterocycles. The first-order valence-corrected chi connectivity index (χ1v) is 4.80. The fourth-order valence-corrected chi connectivity index (χ4v) is 1.24. The van der Waals surface area contributed by atoms with E-state index in [9.17, 15) is 0 Å². The van der Waals surface area contributed by atoms with Crippen molar-refractivity contribution in [1.82, 2.24) is 4.98 Å². The third-order valence-corrected chi connectivity index (χ3v) is 1.89. The van der Waals surface area contributed by atoms with Crippen LogP contribution in [-0.2, 0) is 0 Å². The molecule has 0 atom stereocenters. The van der Waals surface area contributed by atoms with Gasteiger partial charge in [-0.25, -0.2) is 4.98 Å². The van der Waals surface area contributed by atoms with Gasteiger partial charge >= 0.3 is 0 Å². The number of fused-ring (bicyclic) bond motifs is 1. The van der Waals surface area contributed by atoms with Crippen LogP contribution in [0.3, 0.4) is 0 Å². The van der Waals surface area contributed by atoms with Crippen LogP contribution < -0.4 is 4.84 Å². The Kier molecular flexibility index (Phi) is 2.63. The van der Waals surface area contributed by atoms with Crippen LogP contribution >= 0.6 is 0 Å². The van der Waals surface area contributed by atoms with Crippen LogP contribution in [0.5, 0.6) is 5.88 Å². The zero-order chi connectivity index (χ0) is 10.7. The summed E-state index contributed by atoms with van der Waals surface area (Å²) in [5.74, 6) is 0.523. The van der Waals surface area contributed by atoms with Crippen LogP contribution in [0.4, 0.5) is 0 Å². The molecule has 0 saturated carbocycles. The summed E-state index contributed by atoms with van der Waals surface area (Å²) in [5, 5.41) is 4.95. The molecule has 15 heavy (non-hydrogen) atoms. The van der Waals surface area contributed by atoms with Gasteiger partial charge in [-0.3, -0.25) is 0 Å². The van der Waals surface area contributed by atoms with E-state index in [1.54, 1.807) is 0 Å². The molecule has 0 fully saturated rings. The van der Waals surface area contributed by atoms with Gasteiger partial charge in [0.1, 0.15) is 0 Å². The monoisotopic (exact) mass is 200 g/mol. The standard InChI is InChI=1S/C12H12N2O/c1-9(2)14-15-12-8-7-10-5-3-4-6-11(10)13-12/h3-8H,1-2H3. The molecule has 0 unspecified atom stereocenters. The van der Waals surface area contributed by atoms with Gasteiger partial charge in [-0.05, 0) is 26.0 Å². The van der Waals surface area contributed by atoms with E-state index in [1.165, 1.54) is 0 Å². The molecule has 1 aromatic heterocycles. The lowest BCUT2D eigenvalue weighted by Crippen LogP contribution is -1.91. The third-order valence-electron chi connectivity index (χ3n) is 1.89. The van der Waals surface area contributed by atoms with Crippen molar-refractivity contribution >= 4 is 16.6 Å². The number of para-hydroxylation sites is 1. The maximum atomic E-state index is 5.15. The molecule has 2 rings (SSSR count). The highest BCUT2D eigenvalue weighted by molar-refractivity contribution is 5.79. The predicted molar refractivity (Wildman–Crippen MR) is 61.2 cm³/mol. The minimum Gasteiger partial charge on any atom is -0.337 e. The van der Waals surface area contributed by atoms with E-state index in [4.69, 9.17) is 4.84 Å². The maximum absolute atomic E-state index is 5.15. The Balaban J connectivity index is 2.34. The SMILES string of the molecule is CC(C)=NOc1ccc2ccccc2n1. The highest BCUT2D eigenvalue weighted by Gasteiger charge is 1.97. The largest absolute Gasteiger partial charge is 0.337 e. The Morgan fingerprint density at radius 2 is 1.93 bits per heavy atom. The first-order valence-electron chi connectivity index (χ1n) is 4.80. The van der Waals surface area contributed by atoms with Gasteiger partial charge in [0.05, 0.1) is 11.2 Å². The van der Waals surface area contributed by atoms with Crippen LogP contribution in [-0.4, -0.2) is 10.7 Å². The van der Waals surface area contributed by atoms with E-state index in [-0.39, 0.29) is 0 Å². The third kappa shape index (κ3) is 2.31. The minimum atomic E-state index is 0.523. The molecule has 3 heteroatoms. The van der Waals surface area contributed by atoms with Gasteiger partial charge in [0.2, 0.25) is 5.88 Å². The van der Waals surface area contributed by atoms with Gasteiger partial charge in [0, 0.05) is 11.5 Å². The number of hydrogen-bond donors (Lipinski definition) is 0. The van der Waals surface area contributed by atoms with Crippen molar-refractivity contribution in [3.8, 4) is 5.88 Å². The number of pyridine rings is 1. The summed E-state index contributed by atoms with van der Waals surface area (Å²) in [6.07, 6.45) is 0. The summed E-state index contributed by atoms with van der Waals surface area (Å²) in [4.78, 5) is 9.47. The topological polar surface area (TPSA) is 34.5 Å². The van der Waals surface area contributed by atoms with Gasteiger partial charge in [-0.2, -0.15) is 0 Å². The van der Waals surface area contributed by atoms with Crippen LogP contribution in [0.1, 0.15) is 13.8 Å². The van der Waals surface area contributed by atoms with Crippen molar-refractivity contribution in [2.75, 3.05) is 0 Å². The van der Waals surface area contributed by atoms with Crippen molar-refractivity contribution in [1.29, 1.82) is 0 Å². The maximum Gasteiger partial charge on any atom is 0.249 e. The number of benzene rings is 1. The molecule has 0 amide bonds. The van der Waals surface area contributed by atoms with E-state index in [0.29, 0.717) is 5.88 Å². The lowest BCUT2D eigenvalue weighted by molar-refractivity contribution is 0.328. The van der Waals surface area contributed by atoms with Crippen molar-refractivity contribution in [2.45, 2.75) is 13.8 Å². The first kappa shape index (κ1) is 9.65. The number of rotatable bonds is 2. The Labute approximate surface area is 88.4 Å². The fourth-order valence-electron chi connectivity index (χ4n) is 1.24. The second kappa shape index (κ2) is 4.09. The molecule has 1 aromatic carbocycles. The molecule has 0 N–H and O–H groups in total. The van der Waals surface area contributed by atoms with Gasteiger partial charge in [-0.1, -0.05) is 23.4 Å². The normalized spacial score (nSPS) is 10.0. The van der Waals surface area contributed by atoms with Crippen molar-refractivity contribution in [3.05, 3.63) is 36.4 Å². The minimum absolute atomic E-state index is 0.523. The highest BCUT2D eigenvalue weighted by Crippen LogP contribution is 2.15. The average Bonchev–Trinajstić information content (AvgIpc) is 2.26. The lowest BCUT2D eigenvalue weighted by Gasteiger charge is -2.00. The van der Waals surface area contributed by atoms with Gasteiger partial charge in [-0.15, -0.1) is 0 Å². The lowest BCUT2D eigenvalue weighted by atomic mass is 10.2. The smallest absolute Gasteiger partial charge is 0.249 e. The van der Waals surface area contributed by atoms with E-state index >= 15 is 0 Å². The number of aromatic nitrogens is 1. The molecule has 2 aromatic rings. The molecule has 0 aliphatic carbocycles. The summed E-state index contributed by atoms with van der Waals surface area (Å²) in [5.41, 5.74) is 1.78. The van der Waals surface area contributed by atoms with Crippen molar-refractivity contribution in [3.63, 3.8) is 0 Å². The molecule has 0 spiro atoms. The van der Waals surface area contributed by atoms with Gasteiger partial charge < -0.3 is 4.84 Å². The van der Waals surface area contributed by atoms with E-state index in [2.05, 4.69) is 10.1 Å². The molecular weight excluding hydrogens is 188 g/mol. The summed E-state index contributed by atoms with van der Waals surface area (Å²) in [7, 11) is 0. The Morgan fingerprint density at radius 1 is 1.13 bits per heavy atom. The van der Waals surface area contributed by atoms with Crippen molar-refractivity contribution in [2.24, 2.45) is 5.16 Å². The van der Waals surface area contributed by atoms with Crippen LogP contribution in [0.2, 0.25) is 0 Å². The average molecular weight is 200 g/mol. The summed E-state index contributed by atoms with van der Waals surface area (Å²) >= 11 is 0. The zero-order valence-electron chi connectivity index (χ0n) is 8.77. The van der Waals surface area contributed by atoms with Crippen LogP contribution in [0, 0.1) is 0 Å². The molecule has 0 aliphatic heterocycles. The second-order valence-corrected chi connectivity index (χ2v) is 3.47. The number of hydrogen-bond acceptors (Lipinski definition) is 3. The molecule has 0 aliphatic rings. The van der Waals surface area contributed by atoms with Crippen molar-refractivity contribution < 1.29 is 4.84 Å². The number of nitrogens with zero attached hydrogens (tertiary/aromatic N) is 2. The van der Waals surface area contributed by atoms with Gasteiger partial charge in [0.15, 0.2) is 0 Å². The summed E-state index contributed by atoms with van der Waals surface area (Å²) in [6, 6.07) is 11.7. The molecule has 76 valence electrons. The van der Waals surface area contributed by atoms with E-state index < -0.39 is 0 Å². The quantitative estimate of drug-likeness (QED) is 0.551. The zero-order valence-corrected chi connectivity index (χ0v) is 8.77. The van der Waals surface area contributed by atoms with Gasteiger partial charge in [0.25, 0.3) is 0 Å². The Morgan fingerprint density at radius 3 is 2.73 bits per heavy atom. The molecule has 3 nitrogen and oxygen atoms in total. The van der Waals surface area contributed by atoms with E-state index in [0.717, 1.165) is 16.6 Å². The highest BCUT2D eigenvalue weighted by atomic mass is 16.6.